The van der Waals surface area contributed by atoms with Gasteiger partial charge in [-0.1, -0.05) is 51.9 Å². The van der Waals surface area contributed by atoms with Gasteiger partial charge in [-0.3, -0.25) is 0 Å². The van der Waals surface area contributed by atoms with Gasteiger partial charge in [-0.25, -0.2) is 0 Å². The van der Waals surface area contributed by atoms with Crippen molar-refractivity contribution in [2.45, 2.75) is 36.9 Å². The van der Waals surface area contributed by atoms with Gasteiger partial charge in [-0.15, -0.1) is 0 Å². The second kappa shape index (κ2) is 5.03. The van der Waals surface area contributed by atoms with Crippen LogP contribution in [0.4, 0.5) is 0 Å². The highest BCUT2D eigenvalue weighted by Crippen LogP contribution is 2.59. The van der Waals surface area contributed by atoms with Gasteiger partial charge in [0.15, 0.2) is 0 Å². The van der Waals surface area contributed by atoms with E-state index >= 15 is 0 Å². The molecule has 0 N–H and O–H groups in total. The fourth-order valence-corrected chi connectivity index (χ4v) is 5.48. The number of rotatable bonds is 3. The van der Waals surface area contributed by atoms with Crippen LogP contribution >= 0.6 is 21.6 Å². The molecule has 0 spiro atoms. The average Bonchev–Trinajstić information content (AvgIpc) is 2.57. The maximum absolute atomic E-state index is 5.94. The van der Waals surface area contributed by atoms with Crippen LogP contribution < -0.4 is 0 Å². The number of benzene rings is 1. The van der Waals surface area contributed by atoms with Crippen molar-refractivity contribution in [2.24, 2.45) is 0 Å². The minimum atomic E-state index is 0.196. The van der Waals surface area contributed by atoms with E-state index in [0.29, 0.717) is 11.4 Å². The Morgan fingerprint density at radius 2 is 1.94 bits per heavy atom. The van der Waals surface area contributed by atoms with Crippen molar-refractivity contribution in [3.63, 3.8) is 0 Å². The molecule has 0 aliphatic carbocycles. The Morgan fingerprint density at radius 1 is 1.25 bits per heavy atom. The van der Waals surface area contributed by atoms with Gasteiger partial charge < -0.3 is 4.74 Å². The first-order valence-electron chi connectivity index (χ1n) is 5.66. The molecule has 1 nitrogen and oxygen atoms in total. The molecule has 1 aromatic carbocycles. The van der Waals surface area contributed by atoms with Gasteiger partial charge in [-0.2, -0.15) is 0 Å². The topological polar surface area (TPSA) is 9.23 Å². The molecule has 16 heavy (non-hydrogen) atoms. The Morgan fingerprint density at radius 3 is 2.56 bits per heavy atom. The summed E-state index contributed by atoms with van der Waals surface area (Å²) in [5.41, 5.74) is 1.38. The summed E-state index contributed by atoms with van der Waals surface area (Å²) >= 11 is 0. The number of hydrogen-bond acceptors (Lipinski definition) is 3. The zero-order valence-corrected chi connectivity index (χ0v) is 11.6. The lowest BCUT2D eigenvalue weighted by molar-refractivity contribution is 0.0431. The van der Waals surface area contributed by atoms with Gasteiger partial charge >= 0.3 is 0 Å². The molecule has 2 atom stereocenters. The fraction of sp³-hybridized carbons (Fsp3) is 0.538. The average molecular weight is 254 g/mol. The Kier molecular flexibility index (Phi) is 3.88. The third-order valence-electron chi connectivity index (χ3n) is 2.80. The van der Waals surface area contributed by atoms with Crippen LogP contribution in [0.2, 0.25) is 0 Å². The van der Waals surface area contributed by atoms with Crippen LogP contribution in [-0.4, -0.2) is 17.5 Å². The maximum Gasteiger partial charge on any atom is 0.0892 e. The molecule has 1 fully saturated rings. The summed E-state index contributed by atoms with van der Waals surface area (Å²) in [6.45, 7) is 7.41. The van der Waals surface area contributed by atoms with Crippen molar-refractivity contribution in [2.75, 3.05) is 6.61 Å². The molecular weight excluding hydrogens is 236 g/mol. The summed E-state index contributed by atoms with van der Waals surface area (Å²) in [5, 5.41) is 0.459. The summed E-state index contributed by atoms with van der Waals surface area (Å²) in [6, 6.07) is 10.7. The standard InChI is InChI=1S/C13H18OS2/c1-4-14-12-11(15-16-13(12,2)3)10-8-6-5-7-9-10/h5-9,11-12H,4H2,1-3H3/t11-,12-/m0/s1. The summed E-state index contributed by atoms with van der Waals surface area (Å²) in [5.74, 6) is 0. The molecule has 1 heterocycles. The molecule has 0 radical (unpaired) electrons. The van der Waals surface area contributed by atoms with Crippen LogP contribution in [0.3, 0.4) is 0 Å². The first kappa shape index (κ1) is 12.3. The second-order valence-electron chi connectivity index (χ2n) is 4.49. The van der Waals surface area contributed by atoms with Crippen molar-refractivity contribution in [3.8, 4) is 0 Å². The van der Waals surface area contributed by atoms with Gasteiger partial charge in [0.2, 0.25) is 0 Å². The van der Waals surface area contributed by atoms with E-state index in [1.54, 1.807) is 0 Å². The molecule has 0 bridgehead atoms. The minimum Gasteiger partial charge on any atom is -0.376 e. The Hall–Kier alpha value is -0.120. The lowest BCUT2D eigenvalue weighted by Gasteiger charge is -2.28. The van der Waals surface area contributed by atoms with Crippen molar-refractivity contribution in [1.29, 1.82) is 0 Å². The summed E-state index contributed by atoms with van der Waals surface area (Å²) in [6.07, 6.45) is 0.301. The molecule has 1 aliphatic heterocycles. The summed E-state index contributed by atoms with van der Waals surface area (Å²) in [7, 11) is 3.88. The molecule has 0 saturated carbocycles. The molecule has 0 amide bonds. The Bertz CT molecular complexity index is 337. The predicted octanol–water partition coefficient (Wildman–Crippen LogP) is 4.31. The molecule has 3 heteroatoms. The maximum atomic E-state index is 5.94. The van der Waals surface area contributed by atoms with Gasteiger partial charge in [0.1, 0.15) is 0 Å². The lowest BCUT2D eigenvalue weighted by Crippen LogP contribution is -2.34. The monoisotopic (exact) mass is 254 g/mol. The van der Waals surface area contributed by atoms with Crippen molar-refractivity contribution < 1.29 is 4.74 Å². The van der Waals surface area contributed by atoms with Crippen molar-refractivity contribution in [1.82, 2.24) is 0 Å². The van der Waals surface area contributed by atoms with E-state index in [-0.39, 0.29) is 4.75 Å². The van der Waals surface area contributed by atoms with Gasteiger partial charge in [0.25, 0.3) is 0 Å². The van der Waals surface area contributed by atoms with Gasteiger partial charge in [0, 0.05) is 11.4 Å². The smallest absolute Gasteiger partial charge is 0.0892 e. The lowest BCUT2D eigenvalue weighted by atomic mass is 9.97. The van der Waals surface area contributed by atoms with Crippen LogP contribution in [0.1, 0.15) is 31.6 Å². The van der Waals surface area contributed by atoms with E-state index in [1.165, 1.54) is 5.56 Å². The largest absolute Gasteiger partial charge is 0.376 e. The molecule has 2 rings (SSSR count). The van der Waals surface area contributed by atoms with Gasteiger partial charge in [0.05, 0.1) is 11.4 Å². The van der Waals surface area contributed by atoms with E-state index < -0.39 is 0 Å². The van der Waals surface area contributed by atoms with Crippen LogP contribution in [0.25, 0.3) is 0 Å². The van der Waals surface area contributed by atoms with E-state index in [4.69, 9.17) is 4.74 Å². The number of hydrogen-bond donors (Lipinski definition) is 0. The highest BCUT2D eigenvalue weighted by atomic mass is 33.1. The third-order valence-corrected chi connectivity index (χ3v) is 6.49. The van der Waals surface area contributed by atoms with Gasteiger partial charge in [-0.05, 0) is 26.3 Å². The first-order valence-corrected chi connectivity index (χ1v) is 7.87. The van der Waals surface area contributed by atoms with Crippen LogP contribution in [-0.2, 0) is 4.74 Å². The molecule has 1 saturated heterocycles. The molecule has 1 aromatic rings. The normalized spacial score (nSPS) is 28.2. The number of ether oxygens (including phenoxy) is 1. The van der Waals surface area contributed by atoms with Crippen LogP contribution in [0.15, 0.2) is 30.3 Å². The zero-order valence-electron chi connectivity index (χ0n) is 9.97. The summed E-state index contributed by atoms with van der Waals surface area (Å²) < 4.78 is 6.14. The van der Waals surface area contributed by atoms with Crippen molar-refractivity contribution in [3.05, 3.63) is 35.9 Å². The highest BCUT2D eigenvalue weighted by molar-refractivity contribution is 8.77. The zero-order chi connectivity index (χ0) is 11.6. The quantitative estimate of drug-likeness (QED) is 0.744. The van der Waals surface area contributed by atoms with E-state index in [9.17, 15) is 0 Å². The second-order valence-corrected chi connectivity index (χ2v) is 7.49. The van der Waals surface area contributed by atoms with E-state index in [1.807, 2.05) is 21.6 Å². The summed E-state index contributed by atoms with van der Waals surface area (Å²) in [4.78, 5) is 0. The van der Waals surface area contributed by atoms with Crippen LogP contribution in [0, 0.1) is 0 Å². The van der Waals surface area contributed by atoms with E-state index in [0.717, 1.165) is 6.61 Å². The van der Waals surface area contributed by atoms with E-state index in [2.05, 4.69) is 51.1 Å². The molecular formula is C13H18OS2. The fourth-order valence-electron chi connectivity index (χ4n) is 1.98. The molecule has 0 unspecified atom stereocenters. The van der Waals surface area contributed by atoms with Crippen molar-refractivity contribution >= 4 is 21.6 Å². The molecule has 88 valence electrons. The molecule has 0 aromatic heterocycles. The first-order chi connectivity index (χ1) is 7.65. The Labute approximate surface area is 106 Å². The predicted molar refractivity (Wildman–Crippen MR) is 73.9 cm³/mol. The highest BCUT2D eigenvalue weighted by Gasteiger charge is 2.45. The van der Waals surface area contributed by atoms with Crippen LogP contribution in [0.5, 0.6) is 0 Å². The minimum absolute atomic E-state index is 0.196. The third kappa shape index (κ3) is 2.41. The SMILES string of the molecule is CCO[C@H]1[C@H](c2ccccc2)SSC1(C)C. The molecule has 1 aliphatic rings. The Balaban J connectivity index is 2.22.